The average molecular weight is 866 g/mol. The zero-order valence-corrected chi connectivity index (χ0v) is 37.2. The van der Waals surface area contributed by atoms with E-state index in [0.29, 0.717) is 5.82 Å². The third-order valence-corrected chi connectivity index (χ3v) is 13.9. The zero-order chi connectivity index (χ0) is 45.0. The van der Waals surface area contributed by atoms with Crippen LogP contribution in [0.15, 0.2) is 261 Å². The number of rotatable bonds is 7. The van der Waals surface area contributed by atoms with Gasteiger partial charge in [0, 0.05) is 22.4 Å². The third-order valence-electron chi connectivity index (χ3n) is 13.9. The Bertz CT molecular complexity index is 3630. The Morgan fingerprint density at radius 1 is 0.265 bits per heavy atom. The van der Waals surface area contributed by atoms with E-state index < -0.39 is 5.41 Å². The normalized spacial score (nSPS) is 12.8. The van der Waals surface area contributed by atoms with E-state index >= 15 is 0 Å². The van der Waals surface area contributed by atoms with E-state index in [9.17, 15) is 0 Å². The monoisotopic (exact) mass is 865 g/mol. The van der Waals surface area contributed by atoms with Crippen LogP contribution in [0.5, 0.6) is 0 Å². The molecule has 1 spiro atoms. The number of hydrogen-bond donors (Lipinski definition) is 0. The number of aromatic nitrogens is 2. The van der Waals surface area contributed by atoms with Gasteiger partial charge in [-0.2, -0.15) is 0 Å². The summed E-state index contributed by atoms with van der Waals surface area (Å²) in [5, 5.41) is 0. The first-order valence-electron chi connectivity index (χ1n) is 23.3. The molecule has 0 unspecified atom stereocenters. The van der Waals surface area contributed by atoms with E-state index in [-0.39, 0.29) is 0 Å². The molecule has 1 aromatic heterocycles. The minimum absolute atomic E-state index is 0.523. The summed E-state index contributed by atoms with van der Waals surface area (Å²) < 4.78 is 0. The Morgan fingerprint density at radius 3 is 1.34 bits per heavy atom. The third kappa shape index (κ3) is 6.43. The number of nitrogens with zero attached hydrogens (tertiary/aromatic N) is 3. The molecule has 2 heterocycles. The van der Waals surface area contributed by atoms with Gasteiger partial charge in [-0.1, -0.05) is 212 Å². The maximum atomic E-state index is 5.20. The Balaban J connectivity index is 0.910. The Hall–Kier alpha value is -8.92. The molecule has 0 saturated carbocycles. The SMILES string of the molecule is c1ccc(-c2ccc(-c3cc(-c4cccc(-c5cccc(-c6ccc7c(c6)C6(c8ccccc8-7)c7ccccc7N(c7ccccc7)c7ccccc76)c5)c4)nc(-c4ccccc4)n3)cc2)cc1. The van der Waals surface area contributed by atoms with Crippen LogP contribution in [0.25, 0.3) is 78.4 Å². The topological polar surface area (TPSA) is 29.0 Å². The highest BCUT2D eigenvalue weighted by molar-refractivity contribution is 5.96. The molecule has 0 bridgehead atoms. The molecule has 1 aliphatic carbocycles. The summed E-state index contributed by atoms with van der Waals surface area (Å²) in [6.45, 7) is 0. The van der Waals surface area contributed by atoms with E-state index in [1.807, 2.05) is 24.3 Å². The quantitative estimate of drug-likeness (QED) is 0.160. The summed E-state index contributed by atoms with van der Waals surface area (Å²) in [5.41, 5.74) is 22.5. The second-order valence-corrected chi connectivity index (χ2v) is 17.7. The van der Waals surface area contributed by atoms with Crippen molar-refractivity contribution in [3.63, 3.8) is 0 Å². The molecule has 3 heteroatoms. The van der Waals surface area contributed by atoms with Crippen LogP contribution in [0.1, 0.15) is 22.3 Å². The molecule has 10 aromatic carbocycles. The second-order valence-electron chi connectivity index (χ2n) is 17.7. The van der Waals surface area contributed by atoms with Gasteiger partial charge in [0.15, 0.2) is 5.82 Å². The van der Waals surface area contributed by atoms with Crippen LogP contribution in [0, 0.1) is 0 Å². The van der Waals surface area contributed by atoms with Crippen LogP contribution in [0.3, 0.4) is 0 Å². The van der Waals surface area contributed by atoms with Gasteiger partial charge in [0.05, 0.1) is 28.2 Å². The maximum Gasteiger partial charge on any atom is 0.160 e. The van der Waals surface area contributed by atoms with Crippen molar-refractivity contribution in [3.05, 3.63) is 283 Å². The number of para-hydroxylation sites is 3. The predicted molar refractivity (Wildman–Crippen MR) is 280 cm³/mol. The van der Waals surface area contributed by atoms with Crippen molar-refractivity contribution in [3.8, 4) is 78.4 Å². The smallest absolute Gasteiger partial charge is 0.160 e. The van der Waals surface area contributed by atoms with Gasteiger partial charge in [-0.25, -0.2) is 9.97 Å². The van der Waals surface area contributed by atoms with Crippen molar-refractivity contribution in [1.82, 2.24) is 9.97 Å². The molecule has 2 aliphatic rings. The summed E-state index contributed by atoms with van der Waals surface area (Å²) in [7, 11) is 0. The molecule has 1 aliphatic heterocycles. The van der Waals surface area contributed by atoms with E-state index in [0.717, 1.165) is 44.9 Å². The van der Waals surface area contributed by atoms with Gasteiger partial charge in [-0.05, 0) is 115 Å². The van der Waals surface area contributed by atoms with Crippen molar-refractivity contribution in [1.29, 1.82) is 0 Å². The lowest BCUT2D eigenvalue weighted by atomic mass is 9.64. The lowest BCUT2D eigenvalue weighted by Crippen LogP contribution is -2.36. The van der Waals surface area contributed by atoms with E-state index in [1.165, 1.54) is 67.0 Å². The minimum atomic E-state index is -0.523. The Kier molecular flexibility index (Phi) is 9.40. The minimum Gasteiger partial charge on any atom is -0.310 e. The molecular formula is C65H43N3. The van der Waals surface area contributed by atoms with Crippen molar-refractivity contribution >= 4 is 17.1 Å². The Morgan fingerprint density at radius 2 is 0.691 bits per heavy atom. The molecule has 0 amide bonds. The van der Waals surface area contributed by atoms with Crippen LogP contribution in [0.4, 0.5) is 17.1 Å². The van der Waals surface area contributed by atoms with Crippen LogP contribution in [-0.4, -0.2) is 9.97 Å². The standard InChI is InChI=1S/C65H43N3/c1-4-18-44(19-5-1)45-34-36-46(37-35-45)60-43-61(67-64(66-60)47-20-6-2-7-21-47)52-25-17-24-50(41-52)48-22-16-23-49(40-48)51-38-39-55-54-28-10-11-29-56(54)65(59(55)42-51)57-30-12-14-32-62(57)68(53-26-8-3-9-27-53)63-33-15-13-31-58(63)65/h1-43H. The molecule has 0 saturated heterocycles. The molecular weight excluding hydrogens is 823 g/mol. The largest absolute Gasteiger partial charge is 0.310 e. The number of benzene rings is 10. The van der Waals surface area contributed by atoms with Gasteiger partial charge in [-0.15, -0.1) is 0 Å². The molecule has 0 N–H and O–H groups in total. The zero-order valence-electron chi connectivity index (χ0n) is 37.2. The number of anilines is 3. The van der Waals surface area contributed by atoms with Gasteiger partial charge in [0.1, 0.15) is 0 Å². The summed E-state index contributed by atoms with van der Waals surface area (Å²) in [4.78, 5) is 12.8. The fourth-order valence-electron chi connectivity index (χ4n) is 10.8. The molecule has 318 valence electrons. The van der Waals surface area contributed by atoms with Gasteiger partial charge in [0.25, 0.3) is 0 Å². The van der Waals surface area contributed by atoms with E-state index in [4.69, 9.17) is 9.97 Å². The molecule has 0 atom stereocenters. The summed E-state index contributed by atoms with van der Waals surface area (Å²) in [5.74, 6) is 0.699. The predicted octanol–water partition coefficient (Wildman–Crippen LogP) is 16.6. The van der Waals surface area contributed by atoms with Crippen LogP contribution >= 0.6 is 0 Å². The van der Waals surface area contributed by atoms with Gasteiger partial charge in [-0.3, -0.25) is 0 Å². The maximum absolute atomic E-state index is 5.20. The van der Waals surface area contributed by atoms with E-state index in [2.05, 4.69) is 241 Å². The lowest BCUT2D eigenvalue weighted by molar-refractivity contribution is 0.753. The molecule has 0 fully saturated rings. The molecule has 11 aromatic rings. The fraction of sp³-hybridized carbons (Fsp3) is 0.0154. The van der Waals surface area contributed by atoms with Crippen molar-refractivity contribution in [2.45, 2.75) is 5.41 Å². The van der Waals surface area contributed by atoms with Gasteiger partial charge in [0.2, 0.25) is 0 Å². The number of hydrogen-bond acceptors (Lipinski definition) is 3. The highest BCUT2D eigenvalue weighted by Crippen LogP contribution is 2.63. The highest BCUT2D eigenvalue weighted by atomic mass is 15.2. The van der Waals surface area contributed by atoms with E-state index in [1.54, 1.807) is 0 Å². The van der Waals surface area contributed by atoms with Crippen molar-refractivity contribution in [2.75, 3.05) is 4.90 Å². The lowest BCUT2D eigenvalue weighted by Gasteiger charge is -2.45. The fourth-order valence-corrected chi connectivity index (χ4v) is 10.8. The highest BCUT2D eigenvalue weighted by Gasteiger charge is 2.51. The molecule has 3 nitrogen and oxygen atoms in total. The number of fused-ring (bicyclic) bond motifs is 9. The Labute approximate surface area is 397 Å². The summed E-state index contributed by atoms with van der Waals surface area (Å²) >= 11 is 0. The van der Waals surface area contributed by atoms with Crippen molar-refractivity contribution in [2.24, 2.45) is 0 Å². The molecule has 68 heavy (non-hydrogen) atoms. The summed E-state index contributed by atoms with van der Waals surface area (Å²) in [6, 6.07) is 94.2. The van der Waals surface area contributed by atoms with Gasteiger partial charge >= 0.3 is 0 Å². The average Bonchev–Trinajstić information content (AvgIpc) is 3.71. The first-order valence-corrected chi connectivity index (χ1v) is 23.3. The van der Waals surface area contributed by atoms with Crippen LogP contribution < -0.4 is 4.90 Å². The first-order chi connectivity index (χ1) is 33.7. The first kappa shape index (κ1) is 39.4. The summed E-state index contributed by atoms with van der Waals surface area (Å²) in [6.07, 6.45) is 0. The molecule has 0 radical (unpaired) electrons. The van der Waals surface area contributed by atoms with Crippen LogP contribution in [0.2, 0.25) is 0 Å². The molecule has 13 rings (SSSR count). The van der Waals surface area contributed by atoms with Crippen LogP contribution in [-0.2, 0) is 5.41 Å². The van der Waals surface area contributed by atoms with Crippen molar-refractivity contribution < 1.29 is 0 Å². The van der Waals surface area contributed by atoms with Gasteiger partial charge < -0.3 is 4.90 Å². The second kappa shape index (κ2) is 16.2.